The lowest BCUT2D eigenvalue weighted by atomic mass is 10.0. The summed E-state index contributed by atoms with van der Waals surface area (Å²) < 4.78 is 5.84. The molecule has 0 radical (unpaired) electrons. The summed E-state index contributed by atoms with van der Waals surface area (Å²) in [5.41, 5.74) is 5.54. The average molecular weight is 912 g/mol. The van der Waals surface area contributed by atoms with Crippen LogP contribution in [0.3, 0.4) is 0 Å². The summed E-state index contributed by atoms with van der Waals surface area (Å²) in [5.74, 6) is 2.83. The van der Waals surface area contributed by atoms with Crippen molar-refractivity contribution in [1.29, 1.82) is 0 Å². The number of phenols is 1. The molecule has 0 aliphatic heterocycles. The number of phenolic OH excluding ortho intramolecular Hbond substituents is 1. The number of benzene rings is 6. The second-order valence-electron chi connectivity index (χ2n) is 13.8. The molecule has 0 atom stereocenters. The molecule has 0 aliphatic rings. The van der Waals surface area contributed by atoms with Gasteiger partial charge in [-0.15, -0.1) is 20.4 Å². The molecule has 0 saturated heterocycles. The Hall–Kier alpha value is -7.65. The van der Waals surface area contributed by atoms with E-state index < -0.39 is 0 Å². The van der Waals surface area contributed by atoms with Gasteiger partial charge >= 0.3 is 0 Å². The minimum absolute atomic E-state index is 0.232. The highest BCUT2D eigenvalue weighted by Crippen LogP contribution is 2.33. The highest BCUT2D eigenvalue weighted by molar-refractivity contribution is 7.98. The lowest BCUT2D eigenvalue weighted by Gasteiger charge is -2.12. The molecular formula is C50H39ClN10O2S2. The third kappa shape index (κ3) is 11.5. The summed E-state index contributed by atoms with van der Waals surface area (Å²) in [6, 6.07) is 54.2. The monoisotopic (exact) mass is 910 g/mol. The van der Waals surface area contributed by atoms with Gasteiger partial charge in [-0.05, 0) is 67.1 Å². The topological polar surface area (TPSA) is 157 Å². The molecule has 0 amide bonds. The van der Waals surface area contributed by atoms with E-state index >= 15 is 0 Å². The molecule has 0 bridgehead atoms. The third-order valence-electron chi connectivity index (χ3n) is 9.51. The fourth-order valence-corrected chi connectivity index (χ4v) is 7.34. The number of aromatic hydroxyl groups is 1. The zero-order valence-electron chi connectivity index (χ0n) is 34.9. The number of rotatable bonds is 10. The van der Waals surface area contributed by atoms with Gasteiger partial charge in [0.25, 0.3) is 0 Å². The van der Waals surface area contributed by atoms with Crippen molar-refractivity contribution in [2.24, 2.45) is 0 Å². The van der Waals surface area contributed by atoms with E-state index in [-0.39, 0.29) is 5.75 Å². The maximum absolute atomic E-state index is 9.40. The van der Waals surface area contributed by atoms with E-state index in [1.807, 2.05) is 134 Å². The highest BCUT2D eigenvalue weighted by Gasteiger charge is 2.13. The predicted octanol–water partition coefficient (Wildman–Crippen LogP) is 12.9. The second kappa shape index (κ2) is 21.6. The molecule has 4 heterocycles. The Morgan fingerprint density at radius 1 is 0.477 bits per heavy atom. The Morgan fingerprint density at radius 2 is 0.923 bits per heavy atom. The van der Waals surface area contributed by atoms with E-state index in [2.05, 4.69) is 63.1 Å². The van der Waals surface area contributed by atoms with Gasteiger partial charge in [0.2, 0.25) is 5.88 Å². The first-order valence-corrected chi connectivity index (χ1v) is 22.9. The number of aromatic nitrogens is 8. The molecule has 0 fully saturated rings. The van der Waals surface area contributed by atoms with Gasteiger partial charge in [0.05, 0.1) is 0 Å². The van der Waals surface area contributed by atoms with Gasteiger partial charge in [-0.25, -0.2) is 15.0 Å². The van der Waals surface area contributed by atoms with Gasteiger partial charge < -0.3 is 20.5 Å². The first-order chi connectivity index (χ1) is 31.9. The Balaban J connectivity index is 0.000000153. The molecule has 320 valence electrons. The number of thioether (sulfide) groups is 2. The summed E-state index contributed by atoms with van der Waals surface area (Å²) in [6.45, 7) is 0. The second-order valence-corrected chi connectivity index (χ2v) is 15.7. The number of nitrogens with one attached hydrogen (secondary N) is 2. The summed E-state index contributed by atoms with van der Waals surface area (Å²) >= 11 is 8.51. The van der Waals surface area contributed by atoms with Crippen LogP contribution in [0.25, 0.3) is 44.1 Å². The quantitative estimate of drug-likeness (QED) is 0.0515. The molecule has 0 aliphatic carbocycles. The molecule has 65 heavy (non-hydrogen) atoms. The molecule has 3 N–H and O–H groups in total. The van der Waals surface area contributed by atoms with E-state index in [0.717, 1.165) is 55.4 Å². The number of hydrogen-bond donors (Lipinski definition) is 3. The van der Waals surface area contributed by atoms with Crippen LogP contribution in [0.5, 0.6) is 17.4 Å². The zero-order valence-corrected chi connectivity index (χ0v) is 37.3. The van der Waals surface area contributed by atoms with Crippen molar-refractivity contribution in [2.45, 2.75) is 10.3 Å². The standard InChI is InChI=1S/C25H19N5OS.C20H15N3O.C5H5ClN2S/c1-32-25-26-16-15-22(28-25)31-19-13-11-18(12-14-19)27-24-21-10-6-5-9-20(21)23(29-30-24)17-7-3-2-4-8-17;24-16-12-10-15(11-13-16)21-20-18-9-5-4-8-17(18)19(22-23-20)14-6-2-1-3-7-14;1-9-5-7-3-2-4(6)8-5/h2-16H,1H3,(H,27,30);1-13,24H,(H,21,23);2-3H,1H3. The van der Waals surface area contributed by atoms with Gasteiger partial charge in [-0.3, -0.25) is 0 Å². The fourth-order valence-electron chi connectivity index (χ4n) is 6.45. The van der Waals surface area contributed by atoms with Crippen LogP contribution in [-0.2, 0) is 0 Å². The maximum Gasteiger partial charge on any atom is 0.223 e. The third-order valence-corrected chi connectivity index (χ3v) is 10.8. The minimum atomic E-state index is 0.232. The molecule has 0 saturated carbocycles. The summed E-state index contributed by atoms with van der Waals surface area (Å²) in [4.78, 5) is 16.3. The Kier molecular flexibility index (Phi) is 14.6. The zero-order chi connectivity index (χ0) is 44.8. The van der Waals surface area contributed by atoms with Gasteiger partial charge in [-0.1, -0.05) is 144 Å². The van der Waals surface area contributed by atoms with Crippen LogP contribution in [0.4, 0.5) is 23.0 Å². The predicted molar refractivity (Wildman–Crippen MR) is 264 cm³/mol. The molecule has 15 heteroatoms. The molecule has 6 aromatic carbocycles. The highest BCUT2D eigenvalue weighted by atomic mass is 35.5. The van der Waals surface area contributed by atoms with Gasteiger partial charge in [-0.2, -0.15) is 4.98 Å². The molecule has 4 aromatic heterocycles. The Bertz CT molecular complexity index is 3140. The normalized spacial score (nSPS) is 10.6. The molecule has 0 unspecified atom stereocenters. The van der Waals surface area contributed by atoms with Crippen LogP contribution >= 0.6 is 35.1 Å². The Morgan fingerprint density at radius 3 is 1.40 bits per heavy atom. The minimum Gasteiger partial charge on any atom is -0.508 e. The summed E-state index contributed by atoms with van der Waals surface area (Å²) in [6.07, 6.45) is 7.17. The van der Waals surface area contributed by atoms with E-state index in [1.165, 1.54) is 23.5 Å². The van der Waals surface area contributed by atoms with Crippen molar-refractivity contribution in [1.82, 2.24) is 40.3 Å². The summed E-state index contributed by atoms with van der Waals surface area (Å²) in [7, 11) is 0. The van der Waals surface area contributed by atoms with Crippen LogP contribution in [0.1, 0.15) is 0 Å². The van der Waals surface area contributed by atoms with Crippen LogP contribution in [0.2, 0.25) is 5.15 Å². The van der Waals surface area contributed by atoms with E-state index in [0.29, 0.717) is 38.7 Å². The summed E-state index contributed by atoms with van der Waals surface area (Å²) in [5, 5.41) is 39.8. The van der Waals surface area contributed by atoms with Crippen molar-refractivity contribution in [3.63, 3.8) is 0 Å². The van der Waals surface area contributed by atoms with Crippen molar-refractivity contribution in [2.75, 3.05) is 23.1 Å². The number of halogens is 1. The molecule has 12 nitrogen and oxygen atoms in total. The van der Waals surface area contributed by atoms with Gasteiger partial charge in [0.1, 0.15) is 28.0 Å². The molecular weight excluding hydrogens is 872 g/mol. The Labute approximate surface area is 388 Å². The lowest BCUT2D eigenvalue weighted by molar-refractivity contribution is 0.455. The van der Waals surface area contributed by atoms with Crippen molar-refractivity contribution in [3.8, 4) is 39.9 Å². The maximum atomic E-state index is 9.40. The van der Waals surface area contributed by atoms with Crippen LogP contribution in [0, 0.1) is 0 Å². The van der Waals surface area contributed by atoms with E-state index in [9.17, 15) is 5.11 Å². The number of ether oxygens (including phenoxy) is 1. The molecule has 10 aromatic rings. The first-order valence-electron chi connectivity index (χ1n) is 20.1. The van der Waals surface area contributed by atoms with Crippen LogP contribution in [0.15, 0.2) is 193 Å². The van der Waals surface area contributed by atoms with Gasteiger partial charge in [0, 0.05) is 62.5 Å². The number of hydrogen-bond acceptors (Lipinski definition) is 14. The van der Waals surface area contributed by atoms with Crippen LogP contribution < -0.4 is 15.4 Å². The molecule has 0 spiro atoms. The van der Waals surface area contributed by atoms with E-state index in [1.54, 1.807) is 48.8 Å². The van der Waals surface area contributed by atoms with Crippen molar-refractivity contribution in [3.05, 3.63) is 187 Å². The van der Waals surface area contributed by atoms with Crippen molar-refractivity contribution < 1.29 is 9.84 Å². The SMILES string of the molecule is CSc1nccc(Cl)n1.CSc1nccc(Oc2ccc(Nc3nnc(-c4ccccc4)c4ccccc34)cc2)n1.Oc1ccc(Nc2nnc(-c3ccccc3)c3ccccc23)cc1. The van der Waals surface area contributed by atoms with E-state index in [4.69, 9.17) is 16.3 Å². The first kappa shape index (κ1) is 44.0. The fraction of sp³-hybridized carbons (Fsp3) is 0.0400. The van der Waals surface area contributed by atoms with Crippen LogP contribution in [-0.4, -0.2) is 57.9 Å². The smallest absolute Gasteiger partial charge is 0.223 e. The largest absolute Gasteiger partial charge is 0.508 e. The molecule has 10 rings (SSSR count). The number of anilines is 4. The number of nitrogens with zero attached hydrogens (tertiary/aromatic N) is 8. The van der Waals surface area contributed by atoms with Crippen molar-refractivity contribution >= 4 is 79.7 Å². The van der Waals surface area contributed by atoms with Gasteiger partial charge in [0.15, 0.2) is 21.9 Å². The average Bonchev–Trinajstić information content (AvgIpc) is 3.36. The lowest BCUT2D eigenvalue weighted by Crippen LogP contribution is -1.99. The number of fused-ring (bicyclic) bond motifs is 2.